The molecule has 2 atom stereocenters. The summed E-state index contributed by atoms with van der Waals surface area (Å²) in [7, 11) is 0. The van der Waals surface area contributed by atoms with E-state index in [1.807, 2.05) is 6.07 Å². The molecule has 1 aliphatic carbocycles. The summed E-state index contributed by atoms with van der Waals surface area (Å²) in [5.74, 6) is 0.829. The molecule has 2 saturated heterocycles. The van der Waals surface area contributed by atoms with Crippen molar-refractivity contribution in [2.45, 2.75) is 76.4 Å². The van der Waals surface area contributed by atoms with Gasteiger partial charge < -0.3 is 4.98 Å². The molecule has 0 unspecified atom stereocenters. The second-order valence-corrected chi connectivity index (χ2v) is 10.3. The number of H-pyrrole nitrogens is 1. The molecule has 1 N–H and O–H groups in total. The molecule has 180 valence electrons. The van der Waals surface area contributed by atoms with Gasteiger partial charge in [0.1, 0.15) is 6.04 Å². The lowest BCUT2D eigenvalue weighted by molar-refractivity contribution is 0.0778. The van der Waals surface area contributed by atoms with Crippen LogP contribution in [0.25, 0.3) is 10.9 Å². The van der Waals surface area contributed by atoms with Crippen LogP contribution in [-0.4, -0.2) is 67.2 Å². The van der Waals surface area contributed by atoms with Crippen molar-refractivity contribution < 1.29 is 0 Å². The molecule has 8 nitrogen and oxygen atoms in total. The zero-order chi connectivity index (χ0) is 23.1. The van der Waals surface area contributed by atoms with Crippen molar-refractivity contribution >= 4 is 10.9 Å². The van der Waals surface area contributed by atoms with E-state index in [-0.39, 0.29) is 11.6 Å². The Bertz CT molecular complexity index is 1210. The molecule has 2 aromatic heterocycles. The Morgan fingerprint density at radius 1 is 1.03 bits per heavy atom. The SMILES string of the molecule is CCc1ccc2[nH]c(=O)c([C@H](c3nnnn3C3CCCCC3)N3CCN4CCC[C@@H]4C3)cc2c1. The average molecular weight is 462 g/mol. The molecule has 2 aliphatic heterocycles. The summed E-state index contributed by atoms with van der Waals surface area (Å²) >= 11 is 0. The summed E-state index contributed by atoms with van der Waals surface area (Å²) < 4.78 is 2.05. The number of hydrogen-bond acceptors (Lipinski definition) is 6. The highest BCUT2D eigenvalue weighted by Crippen LogP contribution is 2.35. The summed E-state index contributed by atoms with van der Waals surface area (Å²) in [6.45, 7) is 6.27. The van der Waals surface area contributed by atoms with E-state index in [1.165, 1.54) is 44.2 Å². The van der Waals surface area contributed by atoms with Gasteiger partial charge >= 0.3 is 0 Å². The van der Waals surface area contributed by atoms with E-state index in [9.17, 15) is 4.79 Å². The highest BCUT2D eigenvalue weighted by Gasteiger charge is 2.38. The second-order valence-electron chi connectivity index (χ2n) is 10.3. The van der Waals surface area contributed by atoms with Crippen LogP contribution in [0.2, 0.25) is 0 Å². The summed E-state index contributed by atoms with van der Waals surface area (Å²) in [5, 5.41) is 14.3. The first-order chi connectivity index (χ1) is 16.7. The third-order valence-corrected chi connectivity index (χ3v) is 8.31. The predicted octanol–water partition coefficient (Wildman–Crippen LogP) is 3.45. The first kappa shape index (κ1) is 21.9. The van der Waals surface area contributed by atoms with Crippen LogP contribution in [0.4, 0.5) is 0 Å². The number of rotatable bonds is 5. The number of piperazine rings is 1. The van der Waals surface area contributed by atoms with E-state index in [0.29, 0.717) is 12.1 Å². The van der Waals surface area contributed by atoms with Crippen LogP contribution >= 0.6 is 0 Å². The summed E-state index contributed by atoms with van der Waals surface area (Å²) in [6, 6.07) is 9.06. The van der Waals surface area contributed by atoms with Crippen LogP contribution in [-0.2, 0) is 6.42 Å². The summed E-state index contributed by atoms with van der Waals surface area (Å²) in [6.07, 6.45) is 9.38. The first-order valence-corrected chi connectivity index (χ1v) is 13.1. The van der Waals surface area contributed by atoms with Gasteiger partial charge in [-0.2, -0.15) is 0 Å². The lowest BCUT2D eigenvalue weighted by Gasteiger charge is -2.41. The van der Waals surface area contributed by atoms with Crippen molar-refractivity contribution in [2.24, 2.45) is 0 Å². The number of aromatic nitrogens is 5. The maximum absolute atomic E-state index is 13.5. The van der Waals surface area contributed by atoms with Gasteiger partial charge in [0.25, 0.3) is 5.56 Å². The number of hydrogen-bond donors (Lipinski definition) is 1. The van der Waals surface area contributed by atoms with E-state index < -0.39 is 0 Å². The fraction of sp³-hybridized carbons (Fsp3) is 0.615. The van der Waals surface area contributed by atoms with Crippen molar-refractivity contribution in [3.63, 3.8) is 0 Å². The first-order valence-electron chi connectivity index (χ1n) is 13.1. The highest BCUT2D eigenvalue weighted by atomic mass is 16.1. The Balaban J connectivity index is 1.46. The fourth-order valence-electron chi connectivity index (χ4n) is 6.41. The van der Waals surface area contributed by atoms with Crippen molar-refractivity contribution in [3.8, 4) is 0 Å². The molecule has 34 heavy (non-hydrogen) atoms. The van der Waals surface area contributed by atoms with Crippen molar-refractivity contribution in [2.75, 3.05) is 26.2 Å². The summed E-state index contributed by atoms with van der Waals surface area (Å²) in [5.41, 5.74) is 2.89. The van der Waals surface area contributed by atoms with E-state index in [4.69, 9.17) is 0 Å². The molecule has 6 rings (SSSR count). The van der Waals surface area contributed by atoms with Gasteiger partial charge in [-0.15, -0.1) is 5.10 Å². The van der Waals surface area contributed by atoms with Crippen molar-refractivity contribution in [1.82, 2.24) is 35.0 Å². The Morgan fingerprint density at radius 2 is 1.88 bits per heavy atom. The van der Waals surface area contributed by atoms with Gasteiger partial charge in [0.05, 0.1) is 6.04 Å². The fourth-order valence-corrected chi connectivity index (χ4v) is 6.41. The quantitative estimate of drug-likeness (QED) is 0.627. The lowest BCUT2D eigenvalue weighted by Crippen LogP contribution is -2.52. The van der Waals surface area contributed by atoms with E-state index in [2.05, 4.69) is 60.1 Å². The Hall–Kier alpha value is -2.58. The van der Waals surface area contributed by atoms with Crippen LogP contribution < -0.4 is 5.56 Å². The number of tetrazole rings is 1. The molecule has 0 spiro atoms. The van der Waals surface area contributed by atoms with Crippen LogP contribution in [0.3, 0.4) is 0 Å². The molecule has 0 amide bonds. The second kappa shape index (κ2) is 9.23. The van der Waals surface area contributed by atoms with Gasteiger partial charge in [0.2, 0.25) is 0 Å². The van der Waals surface area contributed by atoms with Crippen LogP contribution in [0, 0.1) is 0 Å². The number of aryl methyl sites for hydroxylation is 1. The monoisotopic (exact) mass is 461 g/mol. The molecule has 1 aromatic carbocycles. The van der Waals surface area contributed by atoms with Crippen LogP contribution in [0.5, 0.6) is 0 Å². The largest absolute Gasteiger partial charge is 0.322 e. The zero-order valence-electron chi connectivity index (χ0n) is 20.1. The third kappa shape index (κ3) is 3.96. The molecule has 0 bridgehead atoms. The highest BCUT2D eigenvalue weighted by molar-refractivity contribution is 5.80. The molecule has 3 fully saturated rings. The molecular formula is C26H35N7O. The number of benzene rings is 1. The van der Waals surface area contributed by atoms with Gasteiger partial charge in [-0.1, -0.05) is 32.3 Å². The summed E-state index contributed by atoms with van der Waals surface area (Å²) in [4.78, 5) is 21.8. The van der Waals surface area contributed by atoms with Crippen molar-refractivity contribution in [1.29, 1.82) is 0 Å². The average Bonchev–Trinajstić information content (AvgIpc) is 3.54. The van der Waals surface area contributed by atoms with Gasteiger partial charge in [-0.3, -0.25) is 14.6 Å². The molecule has 0 radical (unpaired) electrons. The molecule has 8 heteroatoms. The Kier molecular flexibility index (Phi) is 5.95. The number of nitrogens with zero attached hydrogens (tertiary/aromatic N) is 6. The van der Waals surface area contributed by atoms with Crippen LogP contribution in [0.1, 0.15) is 80.9 Å². The van der Waals surface area contributed by atoms with Gasteiger partial charge in [0, 0.05) is 36.8 Å². The Labute approximate surface area is 200 Å². The molecule has 1 saturated carbocycles. The third-order valence-electron chi connectivity index (χ3n) is 8.31. The molecular weight excluding hydrogens is 426 g/mol. The minimum absolute atomic E-state index is 0.0335. The lowest BCUT2D eigenvalue weighted by atomic mass is 9.94. The van der Waals surface area contributed by atoms with E-state index in [0.717, 1.165) is 61.2 Å². The zero-order valence-corrected chi connectivity index (χ0v) is 20.1. The molecule has 3 aromatic rings. The number of aromatic amines is 1. The maximum atomic E-state index is 13.5. The minimum Gasteiger partial charge on any atom is -0.322 e. The van der Waals surface area contributed by atoms with E-state index in [1.54, 1.807) is 0 Å². The van der Waals surface area contributed by atoms with Crippen molar-refractivity contribution in [3.05, 3.63) is 51.6 Å². The van der Waals surface area contributed by atoms with Gasteiger partial charge in [-0.25, -0.2) is 4.68 Å². The van der Waals surface area contributed by atoms with E-state index >= 15 is 0 Å². The normalized spacial score (nSPS) is 23.4. The Morgan fingerprint density at radius 3 is 2.74 bits per heavy atom. The minimum atomic E-state index is -0.238. The van der Waals surface area contributed by atoms with Crippen LogP contribution in [0.15, 0.2) is 29.1 Å². The molecule has 3 aliphatic rings. The predicted molar refractivity (Wildman–Crippen MR) is 132 cm³/mol. The molecule has 4 heterocycles. The van der Waals surface area contributed by atoms with Gasteiger partial charge in [-0.05, 0) is 78.2 Å². The number of fused-ring (bicyclic) bond motifs is 2. The maximum Gasteiger partial charge on any atom is 0.253 e. The standard InChI is InChI=1S/C26H35N7O/c1-2-18-10-11-23-19(15-18)16-22(26(34)27-23)24(32-14-13-31-12-6-9-21(31)17-32)25-28-29-30-33(25)20-7-4-3-5-8-20/h10-11,15-16,20-21,24H,2-9,12-14,17H2,1H3,(H,27,34)/t21-,24-/m1/s1. The number of pyridine rings is 1. The topological polar surface area (TPSA) is 82.9 Å². The number of nitrogens with one attached hydrogen (secondary N) is 1. The van der Waals surface area contributed by atoms with Gasteiger partial charge in [0.15, 0.2) is 5.82 Å². The smallest absolute Gasteiger partial charge is 0.253 e.